The Morgan fingerprint density at radius 2 is 1.59 bits per heavy atom. The number of nitrogens with zero attached hydrogens (tertiary/aromatic N) is 1. The lowest BCUT2D eigenvalue weighted by Gasteiger charge is -2.59. The van der Waals surface area contributed by atoms with Crippen molar-refractivity contribution in [2.75, 3.05) is 27.2 Å². The number of carbonyl (C=O) groups is 2. The Balaban J connectivity index is 1.55. The highest BCUT2D eigenvalue weighted by atomic mass is 16.2. The number of aryl methyl sites for hydroxylation is 1. The second kappa shape index (κ2) is 8.10. The van der Waals surface area contributed by atoms with Crippen LogP contribution in [0, 0.1) is 30.1 Å². The summed E-state index contributed by atoms with van der Waals surface area (Å²) < 4.78 is 0. The van der Waals surface area contributed by atoms with Crippen LogP contribution in [-0.2, 0) is 4.79 Å². The van der Waals surface area contributed by atoms with E-state index < -0.39 is 6.04 Å². The van der Waals surface area contributed by atoms with Crippen molar-refractivity contribution in [1.82, 2.24) is 15.5 Å². The highest BCUT2D eigenvalue weighted by Crippen LogP contribution is 2.61. The third-order valence-electron chi connectivity index (χ3n) is 7.41. The van der Waals surface area contributed by atoms with Crippen molar-refractivity contribution >= 4 is 11.8 Å². The fourth-order valence-electron chi connectivity index (χ4n) is 6.45. The molecule has 4 saturated carbocycles. The molecule has 4 aliphatic carbocycles. The molecule has 2 amide bonds. The Morgan fingerprint density at radius 3 is 2.10 bits per heavy atom. The van der Waals surface area contributed by atoms with Gasteiger partial charge in [-0.05, 0) is 89.4 Å². The Hall–Kier alpha value is -1.88. The second-order valence-corrected chi connectivity index (χ2v) is 10.1. The molecule has 5 nitrogen and oxygen atoms in total. The lowest BCUT2D eigenvalue weighted by molar-refractivity contribution is -0.134. The molecule has 0 spiro atoms. The molecule has 0 unspecified atom stereocenters. The van der Waals surface area contributed by atoms with E-state index in [9.17, 15) is 9.59 Å². The van der Waals surface area contributed by atoms with Gasteiger partial charge >= 0.3 is 0 Å². The van der Waals surface area contributed by atoms with Crippen LogP contribution < -0.4 is 10.6 Å². The van der Waals surface area contributed by atoms with Gasteiger partial charge in [0.2, 0.25) is 5.91 Å². The number of rotatable bonds is 7. The number of nitrogens with one attached hydrogen (secondary N) is 2. The van der Waals surface area contributed by atoms with Crippen LogP contribution in [0.3, 0.4) is 0 Å². The molecule has 0 aromatic heterocycles. The fraction of sp³-hybridized carbons (Fsp3) is 0.667. The van der Waals surface area contributed by atoms with Crippen molar-refractivity contribution < 1.29 is 9.59 Å². The first-order valence-electron chi connectivity index (χ1n) is 11.1. The van der Waals surface area contributed by atoms with Crippen LogP contribution in [0.15, 0.2) is 24.3 Å². The minimum atomic E-state index is -0.438. The van der Waals surface area contributed by atoms with Gasteiger partial charge in [0.25, 0.3) is 5.91 Å². The summed E-state index contributed by atoms with van der Waals surface area (Å²) in [6.45, 7) is 3.42. The molecule has 0 saturated heterocycles. The Morgan fingerprint density at radius 1 is 1.03 bits per heavy atom. The van der Waals surface area contributed by atoms with Crippen LogP contribution in [0.2, 0.25) is 0 Å². The quantitative estimate of drug-likeness (QED) is 0.744. The zero-order valence-electron chi connectivity index (χ0n) is 18.0. The number of hydrogen-bond acceptors (Lipinski definition) is 3. The SMILES string of the molecule is Cc1ccc(C(=O)N[C@H](C(=O)NCCN(C)C)C23CC4CC(CC(C4)C2)C3)cc1. The average Bonchev–Trinajstić information content (AvgIpc) is 2.65. The number of hydrogen-bond donors (Lipinski definition) is 2. The summed E-state index contributed by atoms with van der Waals surface area (Å²) in [6.07, 6.45) is 7.21. The molecule has 4 aliphatic rings. The van der Waals surface area contributed by atoms with Gasteiger partial charge in [0.15, 0.2) is 0 Å². The van der Waals surface area contributed by atoms with Crippen LogP contribution in [-0.4, -0.2) is 49.9 Å². The lowest BCUT2D eigenvalue weighted by atomic mass is 9.47. The van der Waals surface area contributed by atoms with Gasteiger partial charge in [-0.1, -0.05) is 17.7 Å². The van der Waals surface area contributed by atoms with E-state index in [1.54, 1.807) is 0 Å². The predicted molar refractivity (Wildman–Crippen MR) is 115 cm³/mol. The van der Waals surface area contributed by atoms with Crippen molar-refractivity contribution in [1.29, 1.82) is 0 Å². The van der Waals surface area contributed by atoms with E-state index in [-0.39, 0.29) is 17.2 Å². The van der Waals surface area contributed by atoms with Crippen molar-refractivity contribution in [3.05, 3.63) is 35.4 Å². The first-order valence-corrected chi connectivity index (χ1v) is 11.1. The van der Waals surface area contributed by atoms with E-state index in [2.05, 4.69) is 15.5 Å². The van der Waals surface area contributed by atoms with Gasteiger partial charge in [-0.2, -0.15) is 0 Å². The van der Waals surface area contributed by atoms with Crippen LogP contribution in [0.25, 0.3) is 0 Å². The minimum Gasteiger partial charge on any atom is -0.353 e. The van der Waals surface area contributed by atoms with E-state index in [1.165, 1.54) is 19.3 Å². The van der Waals surface area contributed by atoms with Crippen molar-refractivity contribution in [3.8, 4) is 0 Å². The maximum atomic E-state index is 13.3. The van der Waals surface area contributed by atoms with Crippen LogP contribution in [0.1, 0.15) is 54.4 Å². The monoisotopic (exact) mass is 397 g/mol. The summed E-state index contributed by atoms with van der Waals surface area (Å²) >= 11 is 0. The summed E-state index contributed by atoms with van der Waals surface area (Å²) in [7, 11) is 4.00. The van der Waals surface area contributed by atoms with Gasteiger partial charge < -0.3 is 15.5 Å². The van der Waals surface area contributed by atoms with Gasteiger partial charge in [0.1, 0.15) is 6.04 Å². The van der Waals surface area contributed by atoms with E-state index in [0.29, 0.717) is 12.1 Å². The Bertz CT molecular complexity index is 721. The first kappa shape index (κ1) is 20.4. The average molecular weight is 398 g/mol. The third-order valence-corrected chi connectivity index (χ3v) is 7.41. The molecule has 1 aromatic rings. The zero-order valence-corrected chi connectivity index (χ0v) is 18.0. The molecule has 0 heterocycles. The summed E-state index contributed by atoms with van der Waals surface area (Å²) in [5.41, 5.74) is 1.68. The molecule has 1 aromatic carbocycles. The predicted octanol–water partition coefficient (Wildman–Crippen LogP) is 2.99. The zero-order chi connectivity index (χ0) is 20.6. The minimum absolute atomic E-state index is 0.00531. The van der Waals surface area contributed by atoms with Crippen LogP contribution >= 0.6 is 0 Å². The molecule has 5 heteroatoms. The molecule has 4 bridgehead atoms. The standard InChI is InChI=1S/C24H35N3O2/c1-16-4-6-20(7-5-16)22(28)26-21(23(29)25-8-9-27(2)3)24-13-17-10-18(14-24)12-19(11-17)15-24/h4-7,17-19,21H,8-15H2,1-3H3,(H,25,29)(H,26,28)/t17?,18?,19?,21-,24?/m1/s1. The van der Waals surface area contributed by atoms with E-state index >= 15 is 0 Å². The molecule has 0 radical (unpaired) electrons. The van der Waals surface area contributed by atoms with Crippen molar-refractivity contribution in [2.45, 2.75) is 51.5 Å². The smallest absolute Gasteiger partial charge is 0.251 e. The Labute approximate surface area is 174 Å². The normalized spacial score (nSPS) is 31.0. The molecule has 1 atom stereocenters. The topological polar surface area (TPSA) is 61.4 Å². The van der Waals surface area contributed by atoms with E-state index in [0.717, 1.165) is 49.1 Å². The van der Waals surface area contributed by atoms with Crippen molar-refractivity contribution in [2.24, 2.45) is 23.2 Å². The molecule has 5 rings (SSSR count). The van der Waals surface area contributed by atoms with Crippen molar-refractivity contribution in [3.63, 3.8) is 0 Å². The lowest BCUT2D eigenvalue weighted by Crippen LogP contribution is -2.62. The first-order chi connectivity index (χ1) is 13.8. The summed E-state index contributed by atoms with van der Waals surface area (Å²) in [4.78, 5) is 28.4. The highest BCUT2D eigenvalue weighted by molar-refractivity contribution is 5.97. The van der Waals surface area contributed by atoms with Gasteiger partial charge in [-0.25, -0.2) is 0 Å². The molecular formula is C24H35N3O2. The van der Waals surface area contributed by atoms with Crippen LogP contribution in [0.5, 0.6) is 0 Å². The number of likely N-dealkylation sites (N-methyl/N-ethyl adjacent to an activating group) is 1. The maximum absolute atomic E-state index is 13.3. The molecule has 0 aliphatic heterocycles. The van der Waals surface area contributed by atoms with Crippen LogP contribution in [0.4, 0.5) is 0 Å². The highest BCUT2D eigenvalue weighted by Gasteiger charge is 2.56. The summed E-state index contributed by atoms with van der Waals surface area (Å²) in [5, 5.41) is 6.29. The van der Waals surface area contributed by atoms with E-state index in [1.807, 2.05) is 45.3 Å². The van der Waals surface area contributed by atoms with Gasteiger partial charge in [0, 0.05) is 24.1 Å². The number of carbonyl (C=O) groups excluding carboxylic acids is 2. The molecular weight excluding hydrogens is 362 g/mol. The largest absolute Gasteiger partial charge is 0.353 e. The van der Waals surface area contributed by atoms with Gasteiger partial charge in [-0.3, -0.25) is 9.59 Å². The van der Waals surface area contributed by atoms with Gasteiger partial charge in [-0.15, -0.1) is 0 Å². The molecule has 4 fully saturated rings. The summed E-state index contributed by atoms with van der Waals surface area (Å²) in [5.74, 6) is 2.06. The number of amides is 2. The van der Waals surface area contributed by atoms with E-state index in [4.69, 9.17) is 0 Å². The third kappa shape index (κ3) is 4.35. The molecule has 2 N–H and O–H groups in total. The number of benzene rings is 1. The molecule has 158 valence electrons. The summed E-state index contributed by atoms with van der Waals surface area (Å²) in [6, 6.07) is 7.17. The Kier molecular flexibility index (Phi) is 5.69. The van der Waals surface area contributed by atoms with Gasteiger partial charge in [0.05, 0.1) is 0 Å². The maximum Gasteiger partial charge on any atom is 0.251 e. The second-order valence-electron chi connectivity index (χ2n) is 10.1. The fourth-order valence-corrected chi connectivity index (χ4v) is 6.45. The molecule has 29 heavy (non-hydrogen) atoms.